The number of hydrogen-bond acceptors (Lipinski definition) is 2. The van der Waals surface area contributed by atoms with E-state index in [-0.39, 0.29) is 0 Å². The molecule has 2 heteroatoms. The summed E-state index contributed by atoms with van der Waals surface area (Å²) in [6, 6.07) is 5.84. The fourth-order valence-corrected chi connectivity index (χ4v) is 3.85. The van der Waals surface area contributed by atoms with Gasteiger partial charge in [-0.1, -0.05) is 30.5 Å². The second kappa shape index (κ2) is 6.73. The Labute approximate surface area is 124 Å². The highest BCUT2D eigenvalue weighted by molar-refractivity contribution is 5.39. The van der Waals surface area contributed by atoms with Gasteiger partial charge in [0, 0.05) is 18.6 Å². The lowest BCUT2D eigenvalue weighted by molar-refractivity contribution is 0.222. The molecule has 0 aliphatic heterocycles. The van der Waals surface area contributed by atoms with Crippen molar-refractivity contribution in [2.75, 3.05) is 20.6 Å². The topological polar surface area (TPSA) is 15.3 Å². The Morgan fingerprint density at radius 2 is 1.70 bits per heavy atom. The Morgan fingerprint density at radius 1 is 1.15 bits per heavy atom. The fourth-order valence-electron chi connectivity index (χ4n) is 3.85. The molecule has 1 aromatic rings. The second-order valence-electron chi connectivity index (χ2n) is 6.53. The van der Waals surface area contributed by atoms with Gasteiger partial charge in [0.2, 0.25) is 0 Å². The summed E-state index contributed by atoms with van der Waals surface area (Å²) in [5.74, 6) is 0. The van der Waals surface area contributed by atoms with Crippen LogP contribution in [-0.4, -0.2) is 31.6 Å². The zero-order valence-electron chi connectivity index (χ0n) is 13.8. The van der Waals surface area contributed by atoms with Crippen LogP contribution >= 0.6 is 0 Å². The number of benzene rings is 1. The van der Waals surface area contributed by atoms with Gasteiger partial charge in [-0.25, -0.2) is 0 Å². The van der Waals surface area contributed by atoms with Crippen molar-refractivity contribution in [3.63, 3.8) is 0 Å². The van der Waals surface area contributed by atoms with Gasteiger partial charge >= 0.3 is 0 Å². The van der Waals surface area contributed by atoms with Crippen molar-refractivity contribution in [2.45, 2.75) is 58.5 Å². The van der Waals surface area contributed by atoms with E-state index in [9.17, 15) is 0 Å². The lowest BCUT2D eigenvalue weighted by Gasteiger charge is -2.30. The SMILES string of the molecule is CNC(CN(C)C1CCCC1)c1c(C)cc(C)cc1C. The molecule has 0 radical (unpaired) electrons. The van der Waals surface area contributed by atoms with Crippen LogP contribution in [0, 0.1) is 20.8 Å². The second-order valence-corrected chi connectivity index (χ2v) is 6.53. The summed E-state index contributed by atoms with van der Waals surface area (Å²) in [5, 5.41) is 3.53. The molecule has 20 heavy (non-hydrogen) atoms. The predicted molar refractivity (Wildman–Crippen MR) is 87.3 cm³/mol. The first-order valence-electron chi connectivity index (χ1n) is 7.98. The van der Waals surface area contributed by atoms with Crippen LogP contribution in [0.5, 0.6) is 0 Å². The third-order valence-electron chi connectivity index (χ3n) is 4.85. The van der Waals surface area contributed by atoms with Gasteiger partial charge in [-0.2, -0.15) is 0 Å². The largest absolute Gasteiger partial charge is 0.312 e. The molecule has 1 aromatic carbocycles. The van der Waals surface area contributed by atoms with Crippen LogP contribution < -0.4 is 5.32 Å². The summed E-state index contributed by atoms with van der Waals surface area (Å²) in [6.45, 7) is 7.78. The number of nitrogens with zero attached hydrogens (tertiary/aromatic N) is 1. The first-order valence-corrected chi connectivity index (χ1v) is 7.98. The van der Waals surface area contributed by atoms with E-state index in [1.807, 2.05) is 0 Å². The minimum atomic E-state index is 0.432. The average Bonchev–Trinajstić information content (AvgIpc) is 2.90. The fraction of sp³-hybridized carbons (Fsp3) is 0.667. The van der Waals surface area contributed by atoms with Crippen molar-refractivity contribution in [3.8, 4) is 0 Å². The van der Waals surface area contributed by atoms with E-state index in [1.165, 1.54) is 47.9 Å². The van der Waals surface area contributed by atoms with Crippen LogP contribution in [0.3, 0.4) is 0 Å². The number of aryl methyl sites for hydroxylation is 3. The van der Waals surface area contributed by atoms with E-state index in [1.54, 1.807) is 0 Å². The van der Waals surface area contributed by atoms with E-state index in [0.717, 1.165) is 12.6 Å². The highest BCUT2D eigenvalue weighted by atomic mass is 15.2. The van der Waals surface area contributed by atoms with Crippen LogP contribution in [0.2, 0.25) is 0 Å². The Balaban J connectivity index is 2.15. The predicted octanol–water partition coefficient (Wildman–Crippen LogP) is 3.75. The normalized spacial score (nSPS) is 17.9. The summed E-state index contributed by atoms with van der Waals surface area (Å²) in [4.78, 5) is 2.56. The number of rotatable bonds is 5. The van der Waals surface area contributed by atoms with E-state index in [0.29, 0.717) is 6.04 Å². The van der Waals surface area contributed by atoms with Crippen LogP contribution in [-0.2, 0) is 0 Å². The minimum Gasteiger partial charge on any atom is -0.312 e. The molecule has 1 unspecified atom stereocenters. The Morgan fingerprint density at radius 3 is 2.20 bits per heavy atom. The summed E-state index contributed by atoms with van der Waals surface area (Å²) in [5.41, 5.74) is 5.69. The van der Waals surface area contributed by atoms with Gasteiger partial charge in [0.15, 0.2) is 0 Å². The quantitative estimate of drug-likeness (QED) is 0.880. The maximum atomic E-state index is 3.53. The summed E-state index contributed by atoms with van der Waals surface area (Å²) in [7, 11) is 4.38. The minimum absolute atomic E-state index is 0.432. The van der Waals surface area contributed by atoms with Gasteiger partial charge < -0.3 is 10.2 Å². The maximum Gasteiger partial charge on any atom is 0.0452 e. The van der Waals surface area contributed by atoms with Crippen molar-refractivity contribution in [1.29, 1.82) is 0 Å². The third-order valence-corrected chi connectivity index (χ3v) is 4.85. The van der Waals surface area contributed by atoms with E-state index < -0.39 is 0 Å². The molecule has 1 fully saturated rings. The van der Waals surface area contributed by atoms with Gasteiger partial charge in [-0.05, 0) is 64.4 Å². The maximum absolute atomic E-state index is 3.53. The number of likely N-dealkylation sites (N-methyl/N-ethyl adjacent to an activating group) is 2. The lowest BCUT2D eigenvalue weighted by atomic mass is 9.93. The van der Waals surface area contributed by atoms with Crippen molar-refractivity contribution < 1.29 is 0 Å². The molecule has 0 spiro atoms. The molecule has 1 aliphatic rings. The smallest absolute Gasteiger partial charge is 0.0452 e. The van der Waals surface area contributed by atoms with Gasteiger partial charge in [0.1, 0.15) is 0 Å². The molecule has 2 nitrogen and oxygen atoms in total. The molecule has 112 valence electrons. The Kier molecular flexibility index (Phi) is 5.22. The van der Waals surface area contributed by atoms with Crippen molar-refractivity contribution in [3.05, 3.63) is 34.4 Å². The first kappa shape index (κ1) is 15.5. The molecule has 1 atom stereocenters. The summed E-state index contributed by atoms with van der Waals surface area (Å²) >= 11 is 0. The lowest BCUT2D eigenvalue weighted by Crippen LogP contribution is -2.37. The van der Waals surface area contributed by atoms with Gasteiger partial charge in [-0.3, -0.25) is 0 Å². The standard InChI is InChI=1S/C18H30N2/c1-13-10-14(2)18(15(3)11-13)17(19-4)12-20(5)16-8-6-7-9-16/h10-11,16-17,19H,6-9,12H2,1-5H3. The molecule has 1 saturated carbocycles. The molecular weight excluding hydrogens is 244 g/mol. The molecule has 0 heterocycles. The molecule has 0 bridgehead atoms. The highest BCUT2D eigenvalue weighted by Gasteiger charge is 2.23. The molecular formula is C18H30N2. The van der Waals surface area contributed by atoms with Crippen LogP contribution in [0.25, 0.3) is 0 Å². The molecule has 0 aromatic heterocycles. The van der Waals surface area contributed by atoms with E-state index in [2.05, 4.69) is 57.2 Å². The third kappa shape index (κ3) is 3.42. The molecule has 0 saturated heterocycles. The zero-order chi connectivity index (χ0) is 14.7. The van der Waals surface area contributed by atoms with Crippen molar-refractivity contribution in [2.24, 2.45) is 0 Å². The van der Waals surface area contributed by atoms with Crippen LogP contribution in [0.4, 0.5) is 0 Å². The summed E-state index contributed by atoms with van der Waals surface area (Å²) in [6.07, 6.45) is 5.56. The highest BCUT2D eigenvalue weighted by Crippen LogP contribution is 2.27. The first-order chi connectivity index (χ1) is 9.52. The average molecular weight is 274 g/mol. The van der Waals surface area contributed by atoms with Gasteiger partial charge in [0.05, 0.1) is 0 Å². The Hall–Kier alpha value is -0.860. The van der Waals surface area contributed by atoms with Gasteiger partial charge in [-0.15, -0.1) is 0 Å². The Bertz CT molecular complexity index is 424. The monoisotopic (exact) mass is 274 g/mol. The van der Waals surface area contributed by atoms with E-state index >= 15 is 0 Å². The number of nitrogens with one attached hydrogen (secondary N) is 1. The molecule has 1 N–H and O–H groups in total. The molecule has 1 aliphatic carbocycles. The van der Waals surface area contributed by atoms with E-state index in [4.69, 9.17) is 0 Å². The summed E-state index contributed by atoms with van der Waals surface area (Å²) < 4.78 is 0. The zero-order valence-corrected chi connectivity index (χ0v) is 13.8. The number of hydrogen-bond donors (Lipinski definition) is 1. The van der Waals surface area contributed by atoms with Crippen molar-refractivity contribution >= 4 is 0 Å². The molecule has 0 amide bonds. The van der Waals surface area contributed by atoms with Crippen LogP contribution in [0.15, 0.2) is 12.1 Å². The van der Waals surface area contributed by atoms with Crippen LogP contribution in [0.1, 0.15) is 54.0 Å². The van der Waals surface area contributed by atoms with Gasteiger partial charge in [0.25, 0.3) is 0 Å². The molecule has 2 rings (SSSR count). The van der Waals surface area contributed by atoms with Crippen molar-refractivity contribution in [1.82, 2.24) is 10.2 Å².